The summed E-state index contributed by atoms with van der Waals surface area (Å²) in [6, 6.07) is 4.35. The lowest BCUT2D eigenvalue weighted by Gasteiger charge is -2.14. The van der Waals surface area contributed by atoms with E-state index in [1.165, 1.54) is 12.1 Å². The van der Waals surface area contributed by atoms with Gasteiger partial charge in [-0.05, 0) is 41.1 Å². The van der Waals surface area contributed by atoms with E-state index in [1.54, 1.807) is 6.07 Å². The van der Waals surface area contributed by atoms with Crippen molar-refractivity contribution < 1.29 is 19.0 Å². The highest BCUT2D eigenvalue weighted by Crippen LogP contribution is 2.22. The third-order valence-corrected chi connectivity index (χ3v) is 3.03. The molecule has 0 spiro atoms. The van der Waals surface area contributed by atoms with Crippen molar-refractivity contribution in [2.75, 3.05) is 38.3 Å². The van der Waals surface area contributed by atoms with Crippen LogP contribution >= 0.6 is 15.9 Å². The highest BCUT2D eigenvalue weighted by atomic mass is 79.9. The number of aliphatic hydroxyl groups excluding tert-OH is 1. The van der Waals surface area contributed by atoms with Crippen molar-refractivity contribution in [1.82, 2.24) is 0 Å². The molecule has 4 nitrogen and oxygen atoms in total. The summed E-state index contributed by atoms with van der Waals surface area (Å²) in [5.74, 6) is -0.326. The van der Waals surface area contributed by atoms with Crippen LogP contribution in [0.4, 0.5) is 10.1 Å². The van der Waals surface area contributed by atoms with Gasteiger partial charge in [-0.1, -0.05) is 0 Å². The molecule has 1 unspecified atom stereocenters. The predicted molar refractivity (Wildman–Crippen MR) is 75.9 cm³/mol. The number of ether oxygens (including phenoxy) is 2. The van der Waals surface area contributed by atoms with Crippen LogP contribution in [-0.2, 0) is 9.47 Å². The van der Waals surface area contributed by atoms with Crippen molar-refractivity contribution in [3.63, 3.8) is 0 Å². The van der Waals surface area contributed by atoms with E-state index in [4.69, 9.17) is 9.47 Å². The molecule has 0 radical (unpaired) electrons. The Hall–Kier alpha value is -0.690. The van der Waals surface area contributed by atoms with Gasteiger partial charge in [0.25, 0.3) is 0 Å². The fourth-order valence-corrected chi connectivity index (χ4v) is 1.79. The van der Waals surface area contributed by atoms with Crippen LogP contribution in [0.1, 0.15) is 6.92 Å². The van der Waals surface area contributed by atoms with Gasteiger partial charge in [0, 0.05) is 17.6 Å². The number of benzene rings is 1. The van der Waals surface area contributed by atoms with Gasteiger partial charge in [-0.3, -0.25) is 0 Å². The fraction of sp³-hybridized carbons (Fsp3) is 0.538. The van der Waals surface area contributed by atoms with Gasteiger partial charge >= 0.3 is 0 Å². The average Bonchev–Trinajstić information content (AvgIpc) is 2.39. The Labute approximate surface area is 121 Å². The summed E-state index contributed by atoms with van der Waals surface area (Å²) in [5, 5.41) is 12.6. The maximum atomic E-state index is 13.0. The lowest BCUT2D eigenvalue weighted by Crippen LogP contribution is -2.25. The van der Waals surface area contributed by atoms with Crippen LogP contribution in [0.3, 0.4) is 0 Å². The molecule has 1 atom stereocenters. The summed E-state index contributed by atoms with van der Waals surface area (Å²) >= 11 is 3.30. The van der Waals surface area contributed by atoms with Crippen molar-refractivity contribution >= 4 is 21.6 Å². The Morgan fingerprint density at radius 2 is 2.11 bits per heavy atom. The summed E-state index contributed by atoms with van der Waals surface area (Å²) in [6.45, 7) is 4.04. The largest absolute Gasteiger partial charge is 0.389 e. The molecular weight excluding hydrogens is 317 g/mol. The number of halogens is 2. The van der Waals surface area contributed by atoms with Gasteiger partial charge in [0.1, 0.15) is 5.82 Å². The highest BCUT2D eigenvalue weighted by Gasteiger charge is 2.06. The van der Waals surface area contributed by atoms with Gasteiger partial charge in [0.15, 0.2) is 0 Å². The highest BCUT2D eigenvalue weighted by molar-refractivity contribution is 9.10. The molecule has 0 aliphatic carbocycles. The summed E-state index contributed by atoms with van der Waals surface area (Å²) in [5.41, 5.74) is 0.605. The zero-order valence-electron chi connectivity index (χ0n) is 10.9. The molecule has 2 N–H and O–H groups in total. The van der Waals surface area contributed by atoms with Crippen LogP contribution in [0.25, 0.3) is 0 Å². The lowest BCUT2D eigenvalue weighted by atomic mass is 10.3. The first-order valence-corrected chi connectivity index (χ1v) is 6.95. The van der Waals surface area contributed by atoms with Crippen LogP contribution in [0.5, 0.6) is 0 Å². The Balaban J connectivity index is 2.22. The first kappa shape index (κ1) is 16.4. The molecule has 6 heteroatoms. The molecule has 0 saturated carbocycles. The summed E-state index contributed by atoms with van der Waals surface area (Å²) in [4.78, 5) is 0. The second kappa shape index (κ2) is 9.25. The smallest absolute Gasteiger partial charge is 0.125 e. The molecular formula is C13H19BrFNO3. The van der Waals surface area contributed by atoms with Crippen LogP contribution in [0, 0.1) is 5.82 Å². The van der Waals surface area contributed by atoms with E-state index in [-0.39, 0.29) is 19.0 Å². The van der Waals surface area contributed by atoms with E-state index in [9.17, 15) is 9.50 Å². The van der Waals surface area contributed by atoms with Gasteiger partial charge in [-0.25, -0.2) is 4.39 Å². The molecule has 0 aromatic heterocycles. The van der Waals surface area contributed by atoms with Crippen LogP contribution in [-0.4, -0.2) is 44.2 Å². The molecule has 0 saturated heterocycles. The number of hydrogen-bond donors (Lipinski definition) is 2. The van der Waals surface area contributed by atoms with Gasteiger partial charge in [-0.2, -0.15) is 0 Å². The average molecular weight is 336 g/mol. The molecule has 0 amide bonds. The van der Waals surface area contributed by atoms with Crippen molar-refractivity contribution in [3.8, 4) is 0 Å². The third kappa shape index (κ3) is 6.87. The molecule has 0 bridgehead atoms. The Kier molecular flexibility index (Phi) is 7.97. The van der Waals surface area contributed by atoms with E-state index >= 15 is 0 Å². The number of rotatable bonds is 9. The third-order valence-electron chi connectivity index (χ3n) is 2.34. The normalized spacial score (nSPS) is 12.4. The fourth-order valence-electron chi connectivity index (χ4n) is 1.40. The Morgan fingerprint density at radius 3 is 2.84 bits per heavy atom. The lowest BCUT2D eigenvalue weighted by molar-refractivity contribution is 0.0103. The molecule has 0 aliphatic rings. The van der Waals surface area contributed by atoms with Crippen molar-refractivity contribution in [2.24, 2.45) is 0 Å². The maximum absolute atomic E-state index is 13.0. The minimum absolute atomic E-state index is 0.215. The Morgan fingerprint density at radius 1 is 1.37 bits per heavy atom. The topological polar surface area (TPSA) is 50.7 Å². The summed E-state index contributed by atoms with van der Waals surface area (Å²) in [6.07, 6.45) is -0.656. The first-order chi connectivity index (χ1) is 9.13. The van der Waals surface area contributed by atoms with E-state index in [0.717, 1.165) is 4.47 Å². The van der Waals surface area contributed by atoms with E-state index in [0.29, 0.717) is 25.5 Å². The van der Waals surface area contributed by atoms with Crippen LogP contribution in [0.2, 0.25) is 0 Å². The van der Waals surface area contributed by atoms with Crippen LogP contribution < -0.4 is 5.32 Å². The van der Waals surface area contributed by atoms with E-state index < -0.39 is 6.10 Å². The van der Waals surface area contributed by atoms with Gasteiger partial charge in [0.2, 0.25) is 0 Å². The molecule has 1 aromatic carbocycles. The number of hydrogen-bond acceptors (Lipinski definition) is 4. The zero-order valence-corrected chi connectivity index (χ0v) is 12.5. The second-order valence-corrected chi connectivity index (χ2v) is 4.79. The monoisotopic (exact) mass is 335 g/mol. The van der Waals surface area contributed by atoms with Crippen molar-refractivity contribution in [1.29, 1.82) is 0 Å². The predicted octanol–water partition coefficient (Wildman–Crippen LogP) is 2.41. The second-order valence-electron chi connectivity index (χ2n) is 3.93. The summed E-state index contributed by atoms with van der Waals surface area (Å²) < 4.78 is 24.1. The minimum atomic E-state index is -0.656. The van der Waals surface area contributed by atoms with Gasteiger partial charge in [0.05, 0.1) is 31.6 Å². The Bertz CT molecular complexity index is 379. The first-order valence-electron chi connectivity index (χ1n) is 6.16. The molecule has 1 rings (SSSR count). The number of aliphatic hydroxyl groups is 1. The molecule has 0 aliphatic heterocycles. The van der Waals surface area contributed by atoms with E-state index in [2.05, 4.69) is 21.2 Å². The SMILES string of the molecule is CCOCCOCC(O)CNc1cc(F)ccc1Br. The standard InChI is InChI=1S/C13H19BrFNO3/c1-2-18-5-6-19-9-11(17)8-16-13-7-10(15)3-4-12(13)14/h3-4,7,11,16-17H,2,5-6,8-9H2,1H3. The van der Waals surface area contributed by atoms with Gasteiger partial charge in [-0.15, -0.1) is 0 Å². The van der Waals surface area contributed by atoms with Crippen molar-refractivity contribution in [3.05, 3.63) is 28.5 Å². The zero-order chi connectivity index (χ0) is 14.1. The number of nitrogens with one attached hydrogen (secondary N) is 1. The van der Waals surface area contributed by atoms with Gasteiger partial charge < -0.3 is 19.9 Å². The number of anilines is 1. The van der Waals surface area contributed by atoms with Crippen molar-refractivity contribution in [2.45, 2.75) is 13.0 Å². The van der Waals surface area contributed by atoms with Crippen LogP contribution in [0.15, 0.2) is 22.7 Å². The quantitative estimate of drug-likeness (QED) is 0.680. The molecule has 19 heavy (non-hydrogen) atoms. The molecule has 108 valence electrons. The van der Waals surface area contributed by atoms with E-state index in [1.807, 2.05) is 6.92 Å². The summed E-state index contributed by atoms with van der Waals surface area (Å²) in [7, 11) is 0. The minimum Gasteiger partial charge on any atom is -0.389 e. The maximum Gasteiger partial charge on any atom is 0.125 e. The molecule has 0 fully saturated rings. The molecule has 1 aromatic rings. The molecule has 0 heterocycles.